The van der Waals surface area contributed by atoms with Crippen LogP contribution in [0.3, 0.4) is 0 Å². The molecule has 0 spiro atoms. The number of nitrogens with one attached hydrogen (secondary N) is 1. The van der Waals surface area contributed by atoms with Gasteiger partial charge in [-0.1, -0.05) is 19.1 Å². The number of anilines is 1. The van der Waals surface area contributed by atoms with Gasteiger partial charge in [-0.15, -0.1) is 0 Å². The van der Waals surface area contributed by atoms with E-state index < -0.39 is 0 Å². The first-order chi connectivity index (χ1) is 9.22. The first kappa shape index (κ1) is 12.0. The molecule has 1 aliphatic carbocycles. The lowest BCUT2D eigenvalue weighted by Gasteiger charge is -2.07. The number of hydrogen-bond acceptors (Lipinski definition) is 2. The largest absolute Gasteiger partial charge is 0.326 e. The van der Waals surface area contributed by atoms with E-state index in [1.54, 1.807) is 6.20 Å². The molecule has 4 heteroatoms. The second-order valence-electron chi connectivity index (χ2n) is 5.21. The van der Waals surface area contributed by atoms with Crippen LogP contribution in [0.2, 0.25) is 0 Å². The highest BCUT2D eigenvalue weighted by Crippen LogP contribution is 2.38. The number of aromatic nitrogens is 2. The van der Waals surface area contributed by atoms with Gasteiger partial charge in [-0.25, -0.2) is 0 Å². The Bertz CT molecular complexity index is 577. The lowest BCUT2D eigenvalue weighted by Crippen LogP contribution is -2.14. The molecule has 4 nitrogen and oxygen atoms in total. The minimum atomic E-state index is 0.142. The van der Waals surface area contributed by atoms with E-state index in [2.05, 4.69) is 17.3 Å². The molecular weight excluding hydrogens is 238 g/mol. The summed E-state index contributed by atoms with van der Waals surface area (Å²) in [7, 11) is 0. The maximum Gasteiger partial charge on any atom is 0.227 e. The Morgan fingerprint density at radius 3 is 3.00 bits per heavy atom. The zero-order valence-electron chi connectivity index (χ0n) is 10.9. The molecule has 1 aromatic heterocycles. The smallest absolute Gasteiger partial charge is 0.227 e. The quantitative estimate of drug-likeness (QED) is 0.912. The Kier molecular flexibility index (Phi) is 3.07. The van der Waals surface area contributed by atoms with E-state index in [1.807, 2.05) is 41.2 Å². The molecule has 1 aromatic carbocycles. The molecule has 1 saturated carbocycles. The van der Waals surface area contributed by atoms with Crippen LogP contribution in [0.1, 0.15) is 18.9 Å². The molecule has 1 aliphatic rings. The van der Waals surface area contributed by atoms with Crippen molar-refractivity contribution in [2.45, 2.75) is 19.9 Å². The first-order valence-corrected chi connectivity index (χ1v) is 6.59. The molecule has 2 aromatic rings. The minimum Gasteiger partial charge on any atom is -0.326 e. The average Bonchev–Trinajstić information content (AvgIpc) is 2.90. The van der Waals surface area contributed by atoms with Crippen molar-refractivity contribution in [1.82, 2.24) is 9.78 Å². The normalized spacial score (nSPS) is 21.1. The Labute approximate surface area is 112 Å². The van der Waals surface area contributed by atoms with Gasteiger partial charge in [0, 0.05) is 24.0 Å². The third-order valence-electron chi connectivity index (χ3n) is 3.54. The molecule has 1 fully saturated rings. The van der Waals surface area contributed by atoms with Crippen LogP contribution >= 0.6 is 0 Å². The molecule has 1 heterocycles. The van der Waals surface area contributed by atoms with E-state index >= 15 is 0 Å². The second kappa shape index (κ2) is 4.88. The van der Waals surface area contributed by atoms with Gasteiger partial charge in [-0.3, -0.25) is 9.48 Å². The Morgan fingerprint density at radius 2 is 2.32 bits per heavy atom. The Hall–Kier alpha value is -2.10. The van der Waals surface area contributed by atoms with Crippen molar-refractivity contribution >= 4 is 11.6 Å². The Balaban J connectivity index is 1.67. The van der Waals surface area contributed by atoms with Crippen LogP contribution in [-0.2, 0) is 11.3 Å². The highest BCUT2D eigenvalue weighted by molar-refractivity contribution is 5.94. The number of hydrogen-bond donors (Lipinski definition) is 1. The molecule has 2 atom stereocenters. The third-order valence-corrected chi connectivity index (χ3v) is 3.54. The van der Waals surface area contributed by atoms with Gasteiger partial charge in [0.1, 0.15) is 0 Å². The number of carbonyl (C=O) groups is 1. The molecule has 2 unspecified atom stereocenters. The highest BCUT2D eigenvalue weighted by atomic mass is 16.2. The van der Waals surface area contributed by atoms with Crippen molar-refractivity contribution in [3.8, 4) is 0 Å². The summed E-state index contributed by atoms with van der Waals surface area (Å²) in [5.41, 5.74) is 2.00. The number of nitrogens with zero attached hydrogens (tertiary/aromatic N) is 2. The van der Waals surface area contributed by atoms with E-state index in [0.717, 1.165) is 24.2 Å². The third kappa shape index (κ3) is 2.84. The summed E-state index contributed by atoms with van der Waals surface area (Å²) >= 11 is 0. The second-order valence-corrected chi connectivity index (χ2v) is 5.21. The van der Waals surface area contributed by atoms with Crippen molar-refractivity contribution in [3.05, 3.63) is 48.3 Å². The average molecular weight is 255 g/mol. The van der Waals surface area contributed by atoms with Gasteiger partial charge in [-0.05, 0) is 36.1 Å². The lowest BCUT2D eigenvalue weighted by atomic mass is 10.2. The molecule has 0 radical (unpaired) electrons. The molecule has 0 saturated heterocycles. The molecule has 1 amide bonds. The van der Waals surface area contributed by atoms with Crippen LogP contribution in [0, 0.1) is 11.8 Å². The van der Waals surface area contributed by atoms with Crippen molar-refractivity contribution < 1.29 is 4.79 Å². The summed E-state index contributed by atoms with van der Waals surface area (Å²) in [5, 5.41) is 7.17. The van der Waals surface area contributed by atoms with E-state index in [0.29, 0.717) is 5.92 Å². The van der Waals surface area contributed by atoms with Crippen LogP contribution in [-0.4, -0.2) is 15.7 Å². The standard InChI is InChI=1S/C15H17N3O/c1-11-8-14(11)15(19)17-13-5-2-4-12(9-13)10-18-7-3-6-16-18/h2-7,9,11,14H,8,10H2,1H3,(H,17,19). The van der Waals surface area contributed by atoms with E-state index in [4.69, 9.17) is 0 Å². The van der Waals surface area contributed by atoms with Gasteiger partial charge >= 0.3 is 0 Å². The molecule has 19 heavy (non-hydrogen) atoms. The van der Waals surface area contributed by atoms with Gasteiger partial charge in [-0.2, -0.15) is 5.10 Å². The van der Waals surface area contributed by atoms with Gasteiger partial charge in [0.25, 0.3) is 0 Å². The SMILES string of the molecule is CC1CC1C(=O)Nc1cccc(Cn2cccn2)c1. The van der Waals surface area contributed by atoms with Crippen molar-refractivity contribution in [2.24, 2.45) is 11.8 Å². The summed E-state index contributed by atoms with van der Waals surface area (Å²) < 4.78 is 1.86. The zero-order chi connectivity index (χ0) is 13.2. The van der Waals surface area contributed by atoms with Crippen LogP contribution in [0.15, 0.2) is 42.7 Å². The highest BCUT2D eigenvalue weighted by Gasteiger charge is 2.38. The van der Waals surface area contributed by atoms with Crippen LogP contribution in [0.5, 0.6) is 0 Å². The maximum absolute atomic E-state index is 11.9. The minimum absolute atomic E-state index is 0.142. The fourth-order valence-electron chi connectivity index (χ4n) is 2.25. The fraction of sp³-hybridized carbons (Fsp3) is 0.333. The topological polar surface area (TPSA) is 46.9 Å². The maximum atomic E-state index is 11.9. The van der Waals surface area contributed by atoms with E-state index in [9.17, 15) is 4.79 Å². The van der Waals surface area contributed by atoms with Gasteiger partial charge in [0.05, 0.1) is 6.54 Å². The summed E-state index contributed by atoms with van der Waals surface area (Å²) in [4.78, 5) is 11.9. The summed E-state index contributed by atoms with van der Waals surface area (Å²) in [6.07, 6.45) is 4.70. The summed E-state index contributed by atoms with van der Waals surface area (Å²) in [6.45, 7) is 2.83. The lowest BCUT2D eigenvalue weighted by molar-refractivity contribution is -0.117. The van der Waals surface area contributed by atoms with Gasteiger partial charge < -0.3 is 5.32 Å². The van der Waals surface area contributed by atoms with Crippen molar-refractivity contribution in [1.29, 1.82) is 0 Å². The predicted octanol–water partition coefficient (Wildman–Crippen LogP) is 2.53. The van der Waals surface area contributed by atoms with Crippen molar-refractivity contribution in [2.75, 3.05) is 5.32 Å². The van der Waals surface area contributed by atoms with E-state index in [-0.39, 0.29) is 11.8 Å². The monoisotopic (exact) mass is 255 g/mol. The fourth-order valence-corrected chi connectivity index (χ4v) is 2.25. The summed E-state index contributed by atoms with van der Waals surface area (Å²) in [6, 6.07) is 9.84. The van der Waals surface area contributed by atoms with E-state index in [1.165, 1.54) is 0 Å². The van der Waals surface area contributed by atoms with Gasteiger partial charge in [0.15, 0.2) is 0 Å². The predicted molar refractivity (Wildman–Crippen MR) is 73.7 cm³/mol. The molecule has 98 valence electrons. The van der Waals surface area contributed by atoms with Crippen LogP contribution in [0.4, 0.5) is 5.69 Å². The number of benzene rings is 1. The van der Waals surface area contributed by atoms with Crippen molar-refractivity contribution in [3.63, 3.8) is 0 Å². The Morgan fingerprint density at radius 1 is 1.47 bits per heavy atom. The summed E-state index contributed by atoms with van der Waals surface area (Å²) in [5.74, 6) is 0.880. The van der Waals surface area contributed by atoms with Gasteiger partial charge in [0.2, 0.25) is 5.91 Å². The zero-order valence-corrected chi connectivity index (χ0v) is 10.9. The number of amides is 1. The van der Waals surface area contributed by atoms with Crippen LogP contribution in [0.25, 0.3) is 0 Å². The number of rotatable bonds is 4. The molecule has 0 bridgehead atoms. The molecule has 1 N–H and O–H groups in total. The molecule has 3 rings (SSSR count). The number of carbonyl (C=O) groups excluding carboxylic acids is 1. The molecular formula is C15H17N3O. The first-order valence-electron chi connectivity index (χ1n) is 6.59. The van der Waals surface area contributed by atoms with Crippen LogP contribution < -0.4 is 5.32 Å². The molecule has 0 aliphatic heterocycles.